The van der Waals surface area contributed by atoms with Gasteiger partial charge in [-0.15, -0.1) is 0 Å². The van der Waals surface area contributed by atoms with Gasteiger partial charge in [0.25, 0.3) is 0 Å². The van der Waals surface area contributed by atoms with Gasteiger partial charge in [0, 0.05) is 18.0 Å². The number of aliphatic hydroxyl groups is 1. The minimum Gasteiger partial charge on any atom is -0.508 e. The molecular weight excluding hydrogens is 425 g/mol. The molecule has 0 spiro atoms. The highest BCUT2D eigenvalue weighted by atomic mass is 19.1. The number of anilines is 1. The van der Waals surface area contributed by atoms with Crippen molar-refractivity contribution in [2.45, 2.75) is 19.1 Å². The second-order valence-corrected chi connectivity index (χ2v) is 7.61. The van der Waals surface area contributed by atoms with Gasteiger partial charge >= 0.3 is 5.84 Å². The third-order valence-electron chi connectivity index (χ3n) is 5.34. The summed E-state index contributed by atoms with van der Waals surface area (Å²) in [5, 5.41) is 23.3. The van der Waals surface area contributed by atoms with Gasteiger partial charge in [-0.05, 0) is 55.0 Å². The van der Waals surface area contributed by atoms with Crippen molar-refractivity contribution in [2.75, 3.05) is 5.32 Å². The van der Waals surface area contributed by atoms with Gasteiger partial charge < -0.3 is 19.9 Å². The second kappa shape index (κ2) is 8.36. The van der Waals surface area contributed by atoms with Crippen molar-refractivity contribution in [1.29, 1.82) is 0 Å². The molecule has 0 saturated heterocycles. The first-order chi connectivity index (χ1) is 16.0. The number of phenolic OH excluding ortho intramolecular Hbond substituents is 1. The van der Waals surface area contributed by atoms with Crippen molar-refractivity contribution >= 4 is 11.8 Å². The van der Waals surface area contributed by atoms with Crippen molar-refractivity contribution in [2.24, 2.45) is 0 Å². The Labute approximate surface area is 188 Å². The maximum Gasteiger partial charge on any atom is 0.306 e. The van der Waals surface area contributed by atoms with Crippen LogP contribution in [0.2, 0.25) is 0 Å². The van der Waals surface area contributed by atoms with Crippen LogP contribution in [0.15, 0.2) is 77.7 Å². The molecule has 8 nitrogen and oxygen atoms in total. The van der Waals surface area contributed by atoms with E-state index in [1.54, 1.807) is 47.1 Å². The highest BCUT2D eigenvalue weighted by Crippen LogP contribution is 2.32. The van der Waals surface area contributed by atoms with Gasteiger partial charge in [0.1, 0.15) is 29.2 Å². The van der Waals surface area contributed by atoms with Gasteiger partial charge in [-0.2, -0.15) is 4.98 Å². The van der Waals surface area contributed by atoms with E-state index in [1.807, 2.05) is 6.92 Å². The highest BCUT2D eigenvalue weighted by molar-refractivity contribution is 5.79. The van der Waals surface area contributed by atoms with E-state index in [9.17, 15) is 14.6 Å². The van der Waals surface area contributed by atoms with Crippen molar-refractivity contribution in [3.63, 3.8) is 0 Å². The van der Waals surface area contributed by atoms with Crippen LogP contribution in [0.25, 0.3) is 28.5 Å². The standard InChI is InChI=1S/C24H20FN5O3/c1-14(22(32)16-4-8-18(31)9-5-16)27-23-26-11-10-19(28-23)21-20(15-2-6-17(25)7-3-15)29-24-30(21)12-13-33-24/h2-14,22,31-32H,1H3,(H,26,27,28)/t14-,22-/m1/s1. The molecule has 3 heterocycles. The average molecular weight is 445 g/mol. The Hall–Kier alpha value is -4.24. The molecule has 2 atom stereocenters. The molecule has 0 aliphatic rings. The third-order valence-corrected chi connectivity index (χ3v) is 5.34. The number of fused-ring (bicyclic) bond motifs is 1. The van der Waals surface area contributed by atoms with Gasteiger partial charge in [0.15, 0.2) is 0 Å². The van der Waals surface area contributed by atoms with Gasteiger partial charge in [-0.25, -0.2) is 14.4 Å². The van der Waals surface area contributed by atoms with Crippen LogP contribution in [0.5, 0.6) is 5.75 Å². The number of halogens is 1. The van der Waals surface area contributed by atoms with E-state index in [-0.39, 0.29) is 11.6 Å². The number of aromatic nitrogens is 4. The van der Waals surface area contributed by atoms with E-state index in [1.165, 1.54) is 30.5 Å². The van der Waals surface area contributed by atoms with Crippen LogP contribution in [-0.4, -0.2) is 35.6 Å². The number of phenols is 1. The quantitative estimate of drug-likeness (QED) is 0.355. The number of aliphatic hydroxyl groups excluding tert-OH is 1. The molecule has 9 heteroatoms. The smallest absolute Gasteiger partial charge is 0.306 e. The molecule has 0 bridgehead atoms. The SMILES string of the molecule is C[C@@H](Nc1nccc(-c2c(-c3ccc(F)cc3)nc3occn23)n1)[C@@H](O)c1ccc(O)cc1. The summed E-state index contributed by atoms with van der Waals surface area (Å²) in [5.74, 6) is 0.499. The van der Waals surface area contributed by atoms with E-state index >= 15 is 0 Å². The molecule has 3 aromatic heterocycles. The molecule has 33 heavy (non-hydrogen) atoms. The first-order valence-corrected chi connectivity index (χ1v) is 10.3. The molecule has 5 aromatic rings. The zero-order valence-corrected chi connectivity index (χ0v) is 17.6. The highest BCUT2D eigenvalue weighted by Gasteiger charge is 2.21. The maximum atomic E-state index is 13.4. The molecule has 0 unspecified atom stereocenters. The summed E-state index contributed by atoms with van der Waals surface area (Å²) in [5.41, 5.74) is 3.21. The first-order valence-electron chi connectivity index (χ1n) is 10.3. The number of oxazole rings is 1. The number of benzene rings is 2. The van der Waals surface area contributed by atoms with Gasteiger partial charge in [0.2, 0.25) is 5.95 Å². The Morgan fingerprint density at radius 3 is 2.55 bits per heavy atom. The summed E-state index contributed by atoms with van der Waals surface area (Å²) < 4.78 is 20.7. The number of hydrogen-bond acceptors (Lipinski definition) is 7. The van der Waals surface area contributed by atoms with Crippen LogP contribution >= 0.6 is 0 Å². The van der Waals surface area contributed by atoms with Crippen LogP contribution in [0.3, 0.4) is 0 Å². The normalized spacial score (nSPS) is 13.2. The summed E-state index contributed by atoms with van der Waals surface area (Å²) >= 11 is 0. The molecule has 166 valence electrons. The fourth-order valence-electron chi connectivity index (χ4n) is 3.64. The van der Waals surface area contributed by atoms with E-state index in [4.69, 9.17) is 4.42 Å². The van der Waals surface area contributed by atoms with Gasteiger partial charge in [0.05, 0.1) is 17.8 Å². The lowest BCUT2D eigenvalue weighted by atomic mass is 10.0. The van der Waals surface area contributed by atoms with Crippen molar-refractivity contribution < 1.29 is 19.0 Å². The van der Waals surface area contributed by atoms with Crippen LogP contribution in [0.4, 0.5) is 10.3 Å². The van der Waals surface area contributed by atoms with E-state index in [0.717, 1.165) is 5.56 Å². The molecule has 0 fully saturated rings. The minimum atomic E-state index is -0.844. The minimum absolute atomic E-state index is 0.130. The molecule has 0 saturated carbocycles. The third kappa shape index (κ3) is 4.01. The van der Waals surface area contributed by atoms with E-state index in [0.29, 0.717) is 34.4 Å². The molecular formula is C24H20FN5O3. The fraction of sp³-hybridized carbons (Fsp3) is 0.125. The Morgan fingerprint density at radius 2 is 1.79 bits per heavy atom. The van der Waals surface area contributed by atoms with E-state index in [2.05, 4.69) is 20.3 Å². The first kappa shape index (κ1) is 20.7. The Balaban J connectivity index is 1.48. The topological polar surface area (TPSA) is 109 Å². The summed E-state index contributed by atoms with van der Waals surface area (Å²) in [6, 6.07) is 13.7. The molecule has 0 aliphatic heterocycles. The van der Waals surface area contributed by atoms with Crippen LogP contribution in [-0.2, 0) is 0 Å². The molecule has 3 N–H and O–H groups in total. The summed E-state index contributed by atoms with van der Waals surface area (Å²) in [6.07, 6.45) is 4.02. The van der Waals surface area contributed by atoms with Gasteiger partial charge in [-0.3, -0.25) is 4.40 Å². The van der Waals surface area contributed by atoms with Crippen molar-refractivity contribution in [1.82, 2.24) is 19.4 Å². The molecule has 0 aliphatic carbocycles. The monoisotopic (exact) mass is 445 g/mol. The zero-order chi connectivity index (χ0) is 22.9. The Bertz CT molecular complexity index is 1400. The molecule has 0 radical (unpaired) electrons. The maximum absolute atomic E-state index is 13.4. The zero-order valence-electron chi connectivity index (χ0n) is 17.6. The lowest BCUT2D eigenvalue weighted by Gasteiger charge is -2.20. The predicted octanol–water partition coefficient (Wildman–Crippen LogP) is 4.43. The molecule has 0 amide bonds. The lowest BCUT2D eigenvalue weighted by Crippen LogP contribution is -2.25. The fourth-order valence-corrected chi connectivity index (χ4v) is 3.64. The number of imidazole rings is 1. The number of rotatable bonds is 6. The number of nitrogens with one attached hydrogen (secondary N) is 1. The molecule has 2 aromatic carbocycles. The second-order valence-electron chi connectivity index (χ2n) is 7.61. The lowest BCUT2D eigenvalue weighted by molar-refractivity contribution is 0.160. The van der Waals surface area contributed by atoms with E-state index < -0.39 is 12.1 Å². The number of nitrogens with zero attached hydrogens (tertiary/aromatic N) is 4. The number of hydrogen-bond donors (Lipinski definition) is 3. The van der Waals surface area contributed by atoms with Crippen LogP contribution in [0, 0.1) is 5.82 Å². The van der Waals surface area contributed by atoms with Crippen molar-refractivity contribution in [3.8, 4) is 28.4 Å². The largest absolute Gasteiger partial charge is 0.508 e. The average Bonchev–Trinajstić information content (AvgIpc) is 3.41. The predicted molar refractivity (Wildman–Crippen MR) is 120 cm³/mol. The summed E-state index contributed by atoms with van der Waals surface area (Å²) in [4.78, 5) is 13.5. The summed E-state index contributed by atoms with van der Waals surface area (Å²) in [7, 11) is 0. The van der Waals surface area contributed by atoms with Crippen LogP contribution in [0.1, 0.15) is 18.6 Å². The Kier molecular flexibility index (Phi) is 5.23. The van der Waals surface area contributed by atoms with Gasteiger partial charge in [-0.1, -0.05) is 12.1 Å². The molecule has 5 rings (SSSR count). The van der Waals surface area contributed by atoms with Crippen LogP contribution < -0.4 is 5.32 Å². The van der Waals surface area contributed by atoms with Crippen molar-refractivity contribution in [3.05, 3.63) is 84.6 Å². The Morgan fingerprint density at radius 1 is 1.03 bits per heavy atom. The number of aromatic hydroxyl groups is 1. The summed E-state index contributed by atoms with van der Waals surface area (Å²) in [6.45, 7) is 1.81.